The standard InChI is InChI=1S/C14H20O4/c1-4-10-9-7-6-8(3)11(13(15)17-5-2)12(9)14(16)18-10/h6-12H,4-5H2,1-3H3/t8-,9-,10-,11-,12-/m0/s1. The number of fused-ring (bicyclic) bond motifs is 1. The van der Waals surface area contributed by atoms with E-state index in [0.29, 0.717) is 6.61 Å². The highest BCUT2D eigenvalue weighted by molar-refractivity contribution is 5.85. The van der Waals surface area contributed by atoms with E-state index in [9.17, 15) is 9.59 Å². The molecule has 0 amide bonds. The fourth-order valence-electron chi connectivity index (χ4n) is 3.03. The summed E-state index contributed by atoms with van der Waals surface area (Å²) in [6.45, 7) is 6.06. The minimum atomic E-state index is -0.399. The van der Waals surface area contributed by atoms with Crippen LogP contribution in [0.25, 0.3) is 0 Å². The zero-order valence-corrected chi connectivity index (χ0v) is 11.1. The molecule has 0 bridgehead atoms. The van der Waals surface area contributed by atoms with E-state index >= 15 is 0 Å². The summed E-state index contributed by atoms with van der Waals surface area (Å²) in [6.07, 6.45) is 4.72. The fourth-order valence-corrected chi connectivity index (χ4v) is 3.03. The van der Waals surface area contributed by atoms with Crippen LogP contribution in [0.3, 0.4) is 0 Å². The van der Waals surface area contributed by atoms with Crippen LogP contribution in [0.15, 0.2) is 12.2 Å². The first kappa shape index (κ1) is 13.1. The van der Waals surface area contributed by atoms with E-state index in [1.807, 2.05) is 26.0 Å². The largest absolute Gasteiger partial charge is 0.466 e. The molecule has 1 saturated heterocycles. The van der Waals surface area contributed by atoms with Crippen molar-refractivity contribution >= 4 is 11.9 Å². The summed E-state index contributed by atoms with van der Waals surface area (Å²) < 4.78 is 10.5. The van der Waals surface area contributed by atoms with Crippen molar-refractivity contribution in [3.63, 3.8) is 0 Å². The molecule has 2 aliphatic rings. The third kappa shape index (κ3) is 2.04. The van der Waals surface area contributed by atoms with Crippen molar-refractivity contribution in [2.24, 2.45) is 23.7 Å². The summed E-state index contributed by atoms with van der Waals surface area (Å²) in [7, 11) is 0. The molecule has 1 fully saturated rings. The molecule has 1 aliphatic heterocycles. The SMILES string of the molecule is CCOC(=O)[C@@H]1[C@H]2C(=O)O[C@@H](CC)[C@@H]2C=C[C@@H]1C. The second-order valence-corrected chi connectivity index (χ2v) is 5.01. The molecule has 0 aromatic carbocycles. The number of cyclic esters (lactones) is 1. The molecule has 0 spiro atoms. The Morgan fingerprint density at radius 1 is 1.39 bits per heavy atom. The number of hydrogen-bond donors (Lipinski definition) is 0. The molecule has 100 valence electrons. The second-order valence-electron chi connectivity index (χ2n) is 5.01. The summed E-state index contributed by atoms with van der Waals surface area (Å²) in [5, 5.41) is 0. The van der Waals surface area contributed by atoms with E-state index in [1.165, 1.54) is 0 Å². The molecule has 1 heterocycles. The number of hydrogen-bond acceptors (Lipinski definition) is 4. The average molecular weight is 252 g/mol. The third-order valence-corrected chi connectivity index (χ3v) is 3.94. The van der Waals surface area contributed by atoms with Crippen LogP contribution in [-0.2, 0) is 19.1 Å². The topological polar surface area (TPSA) is 52.6 Å². The Bertz CT molecular complexity index is 374. The highest BCUT2D eigenvalue weighted by Gasteiger charge is 2.52. The van der Waals surface area contributed by atoms with Gasteiger partial charge in [-0.3, -0.25) is 9.59 Å². The lowest BCUT2D eigenvalue weighted by molar-refractivity contribution is -0.158. The van der Waals surface area contributed by atoms with Gasteiger partial charge in [0.25, 0.3) is 0 Å². The van der Waals surface area contributed by atoms with Gasteiger partial charge in [0.05, 0.1) is 18.4 Å². The molecule has 18 heavy (non-hydrogen) atoms. The van der Waals surface area contributed by atoms with Crippen molar-refractivity contribution < 1.29 is 19.1 Å². The maximum absolute atomic E-state index is 12.0. The molecule has 0 aromatic rings. The van der Waals surface area contributed by atoms with Crippen molar-refractivity contribution in [3.8, 4) is 0 Å². The lowest BCUT2D eigenvalue weighted by atomic mass is 9.70. The summed E-state index contributed by atoms with van der Waals surface area (Å²) in [6, 6.07) is 0. The van der Waals surface area contributed by atoms with Gasteiger partial charge in [-0.2, -0.15) is 0 Å². The van der Waals surface area contributed by atoms with Gasteiger partial charge in [-0.05, 0) is 19.3 Å². The van der Waals surface area contributed by atoms with Crippen LogP contribution in [0.5, 0.6) is 0 Å². The van der Waals surface area contributed by atoms with Gasteiger partial charge in [0.1, 0.15) is 6.10 Å². The van der Waals surface area contributed by atoms with Gasteiger partial charge < -0.3 is 9.47 Å². The number of rotatable bonds is 3. The smallest absolute Gasteiger partial charge is 0.310 e. The van der Waals surface area contributed by atoms with Gasteiger partial charge in [-0.1, -0.05) is 26.0 Å². The Morgan fingerprint density at radius 3 is 2.72 bits per heavy atom. The molecule has 0 unspecified atom stereocenters. The normalized spacial score (nSPS) is 38.2. The molecular weight excluding hydrogens is 232 g/mol. The maximum atomic E-state index is 12.0. The van der Waals surface area contributed by atoms with Crippen LogP contribution in [0, 0.1) is 23.7 Å². The highest BCUT2D eigenvalue weighted by Crippen LogP contribution is 2.43. The zero-order valence-electron chi connectivity index (χ0n) is 11.1. The number of carbonyl (C=O) groups excluding carboxylic acids is 2. The van der Waals surface area contributed by atoms with Crippen LogP contribution in [-0.4, -0.2) is 24.6 Å². The first-order valence-corrected chi connectivity index (χ1v) is 6.65. The Hall–Kier alpha value is -1.32. The monoisotopic (exact) mass is 252 g/mol. The lowest BCUT2D eigenvalue weighted by Crippen LogP contribution is -2.39. The second kappa shape index (κ2) is 5.12. The van der Waals surface area contributed by atoms with Gasteiger partial charge in [-0.15, -0.1) is 0 Å². The molecule has 5 atom stereocenters. The zero-order chi connectivity index (χ0) is 13.3. The number of esters is 2. The van der Waals surface area contributed by atoms with E-state index in [4.69, 9.17) is 9.47 Å². The molecule has 0 radical (unpaired) electrons. The quantitative estimate of drug-likeness (QED) is 0.569. The van der Waals surface area contributed by atoms with Gasteiger partial charge in [0.15, 0.2) is 0 Å². The summed E-state index contributed by atoms with van der Waals surface area (Å²) in [4.78, 5) is 24.0. The van der Waals surface area contributed by atoms with Crippen molar-refractivity contribution in [1.29, 1.82) is 0 Å². The van der Waals surface area contributed by atoms with Gasteiger partial charge in [-0.25, -0.2) is 0 Å². The first-order chi connectivity index (χ1) is 8.60. The third-order valence-electron chi connectivity index (χ3n) is 3.94. The molecule has 2 rings (SSSR count). The van der Waals surface area contributed by atoms with Gasteiger partial charge in [0.2, 0.25) is 0 Å². The highest BCUT2D eigenvalue weighted by atomic mass is 16.6. The van der Waals surface area contributed by atoms with E-state index in [-0.39, 0.29) is 35.8 Å². The molecule has 0 aromatic heterocycles. The Balaban J connectivity index is 2.27. The molecule has 0 saturated carbocycles. The van der Waals surface area contributed by atoms with Crippen molar-refractivity contribution in [1.82, 2.24) is 0 Å². The fraction of sp³-hybridized carbons (Fsp3) is 0.714. The van der Waals surface area contributed by atoms with Crippen LogP contribution < -0.4 is 0 Å². The lowest BCUT2D eigenvalue weighted by Gasteiger charge is -2.30. The first-order valence-electron chi connectivity index (χ1n) is 6.65. The Labute approximate surface area is 107 Å². The van der Waals surface area contributed by atoms with Crippen molar-refractivity contribution in [2.45, 2.75) is 33.3 Å². The molecule has 1 aliphatic carbocycles. The summed E-state index contributed by atoms with van der Waals surface area (Å²) in [5.41, 5.74) is 0. The van der Waals surface area contributed by atoms with E-state index in [1.54, 1.807) is 6.92 Å². The van der Waals surface area contributed by atoms with E-state index in [2.05, 4.69) is 0 Å². The maximum Gasteiger partial charge on any atom is 0.310 e. The minimum absolute atomic E-state index is 0.0214. The molecule has 4 nitrogen and oxygen atoms in total. The van der Waals surface area contributed by atoms with Crippen LogP contribution >= 0.6 is 0 Å². The Kier molecular flexibility index (Phi) is 3.73. The Morgan fingerprint density at radius 2 is 2.11 bits per heavy atom. The summed E-state index contributed by atoms with van der Waals surface area (Å²) in [5.74, 6) is -1.25. The van der Waals surface area contributed by atoms with Crippen LogP contribution in [0.4, 0.5) is 0 Å². The average Bonchev–Trinajstić information content (AvgIpc) is 2.66. The van der Waals surface area contributed by atoms with E-state index < -0.39 is 5.92 Å². The van der Waals surface area contributed by atoms with Gasteiger partial charge >= 0.3 is 11.9 Å². The summed E-state index contributed by atoms with van der Waals surface area (Å²) >= 11 is 0. The van der Waals surface area contributed by atoms with Crippen molar-refractivity contribution in [3.05, 3.63) is 12.2 Å². The molecule has 0 N–H and O–H groups in total. The number of ether oxygens (including phenoxy) is 2. The number of carbonyl (C=O) groups is 2. The molecule has 4 heteroatoms. The van der Waals surface area contributed by atoms with Gasteiger partial charge in [0, 0.05) is 5.92 Å². The van der Waals surface area contributed by atoms with Crippen molar-refractivity contribution in [2.75, 3.05) is 6.61 Å². The van der Waals surface area contributed by atoms with E-state index in [0.717, 1.165) is 6.42 Å². The van der Waals surface area contributed by atoms with Crippen LogP contribution in [0.2, 0.25) is 0 Å². The van der Waals surface area contributed by atoms with Crippen LogP contribution in [0.1, 0.15) is 27.2 Å². The predicted octanol–water partition coefficient (Wildman–Crippen LogP) is 1.94. The molecular formula is C14H20O4. The predicted molar refractivity (Wildman–Crippen MR) is 65.6 cm³/mol. The number of allylic oxidation sites excluding steroid dienone is 1. The minimum Gasteiger partial charge on any atom is -0.466 e.